The second-order valence-corrected chi connectivity index (χ2v) is 5.47. The van der Waals surface area contributed by atoms with Crippen molar-refractivity contribution in [2.24, 2.45) is 5.92 Å². The maximum Gasteiger partial charge on any atom is 0.108 e. The molecule has 0 aliphatic carbocycles. The van der Waals surface area contributed by atoms with Crippen molar-refractivity contribution in [3.05, 3.63) is 0 Å². The first-order valence-electron chi connectivity index (χ1n) is 5.51. The van der Waals surface area contributed by atoms with E-state index in [0.29, 0.717) is 5.54 Å². The second kappa shape index (κ2) is 6.29. The Morgan fingerprint density at radius 3 is 2.07 bits per heavy atom. The highest BCUT2D eigenvalue weighted by molar-refractivity contribution is 4.83. The minimum absolute atomic E-state index is 0. The van der Waals surface area contributed by atoms with Gasteiger partial charge in [0.15, 0.2) is 0 Å². The van der Waals surface area contributed by atoms with Gasteiger partial charge in [-0.25, -0.2) is 0 Å². The summed E-state index contributed by atoms with van der Waals surface area (Å²) in [7, 11) is 6.92. The van der Waals surface area contributed by atoms with E-state index in [1.54, 1.807) is 9.80 Å². The van der Waals surface area contributed by atoms with Gasteiger partial charge in [0.2, 0.25) is 0 Å². The third kappa shape index (κ3) is 3.48. The summed E-state index contributed by atoms with van der Waals surface area (Å²) in [5, 5.41) is 0. The van der Waals surface area contributed by atoms with E-state index in [1.165, 1.54) is 13.0 Å². The number of hydrogen-bond acceptors (Lipinski definition) is 0. The van der Waals surface area contributed by atoms with Crippen LogP contribution in [0.5, 0.6) is 0 Å². The SMILES string of the molecule is CC1CC(C)([NH+](C)C)C(C)C[NH+]1C.[Cl-].[Cl-]. The molecule has 0 amide bonds. The summed E-state index contributed by atoms with van der Waals surface area (Å²) < 4.78 is 0. The van der Waals surface area contributed by atoms with E-state index >= 15 is 0 Å². The number of hydrogen-bond donors (Lipinski definition) is 2. The van der Waals surface area contributed by atoms with Crippen molar-refractivity contribution in [3.63, 3.8) is 0 Å². The molecular formula is C11H26Cl2N2. The summed E-state index contributed by atoms with van der Waals surface area (Å²) in [6, 6.07) is 0.816. The molecule has 1 aliphatic heterocycles. The average Bonchev–Trinajstić information content (AvgIpc) is 2.01. The van der Waals surface area contributed by atoms with Gasteiger partial charge in [0, 0.05) is 0 Å². The minimum Gasteiger partial charge on any atom is -1.00 e. The number of halogens is 2. The van der Waals surface area contributed by atoms with Gasteiger partial charge >= 0.3 is 0 Å². The first-order chi connectivity index (χ1) is 5.88. The lowest BCUT2D eigenvalue weighted by Gasteiger charge is -2.45. The van der Waals surface area contributed by atoms with Crippen LogP contribution in [0.25, 0.3) is 0 Å². The van der Waals surface area contributed by atoms with Crippen LogP contribution in [-0.4, -0.2) is 39.3 Å². The molecule has 0 aromatic carbocycles. The Labute approximate surface area is 107 Å². The fourth-order valence-corrected chi connectivity index (χ4v) is 2.62. The Kier molecular flexibility index (Phi) is 7.50. The van der Waals surface area contributed by atoms with Gasteiger partial charge in [-0.1, -0.05) is 6.92 Å². The molecule has 2 N–H and O–H groups in total. The Morgan fingerprint density at radius 1 is 1.20 bits per heavy atom. The zero-order valence-electron chi connectivity index (χ0n) is 10.8. The summed E-state index contributed by atoms with van der Waals surface area (Å²) in [6.45, 7) is 8.55. The second-order valence-electron chi connectivity index (χ2n) is 5.47. The summed E-state index contributed by atoms with van der Waals surface area (Å²) in [5.74, 6) is 0.827. The largest absolute Gasteiger partial charge is 1.00 e. The lowest BCUT2D eigenvalue weighted by Crippen LogP contribution is -3.23. The maximum absolute atomic E-state index is 2.44. The van der Waals surface area contributed by atoms with E-state index in [9.17, 15) is 0 Å². The van der Waals surface area contributed by atoms with E-state index in [0.717, 1.165) is 12.0 Å². The molecule has 1 fully saturated rings. The number of nitrogens with one attached hydrogen (secondary N) is 2. The minimum atomic E-state index is 0. The normalized spacial score (nSPS) is 40.6. The maximum atomic E-state index is 2.44. The van der Waals surface area contributed by atoms with Crippen LogP contribution in [0.2, 0.25) is 0 Å². The van der Waals surface area contributed by atoms with Crippen molar-refractivity contribution >= 4 is 0 Å². The zero-order chi connectivity index (χ0) is 10.2. The van der Waals surface area contributed by atoms with Crippen molar-refractivity contribution in [1.82, 2.24) is 0 Å². The smallest absolute Gasteiger partial charge is 0.108 e. The van der Waals surface area contributed by atoms with Gasteiger partial charge in [0.1, 0.15) is 5.54 Å². The van der Waals surface area contributed by atoms with Crippen molar-refractivity contribution in [1.29, 1.82) is 0 Å². The van der Waals surface area contributed by atoms with E-state index in [1.807, 2.05) is 0 Å². The molecule has 15 heavy (non-hydrogen) atoms. The fourth-order valence-electron chi connectivity index (χ4n) is 2.62. The number of rotatable bonds is 1. The van der Waals surface area contributed by atoms with Gasteiger partial charge < -0.3 is 34.6 Å². The monoisotopic (exact) mass is 256 g/mol. The molecule has 2 nitrogen and oxygen atoms in total. The van der Waals surface area contributed by atoms with E-state index in [4.69, 9.17) is 0 Å². The summed E-state index contributed by atoms with van der Waals surface area (Å²) >= 11 is 0. The summed E-state index contributed by atoms with van der Waals surface area (Å²) in [6.07, 6.45) is 1.35. The Balaban J connectivity index is 0. The van der Waals surface area contributed by atoms with Crippen LogP contribution in [0, 0.1) is 5.92 Å². The first kappa shape index (κ1) is 17.9. The third-order valence-corrected chi connectivity index (χ3v) is 4.43. The molecule has 0 bridgehead atoms. The molecule has 0 spiro atoms. The highest BCUT2D eigenvalue weighted by atomic mass is 35.5. The van der Waals surface area contributed by atoms with E-state index in [-0.39, 0.29) is 24.8 Å². The van der Waals surface area contributed by atoms with Crippen molar-refractivity contribution < 1.29 is 34.6 Å². The quantitative estimate of drug-likeness (QED) is 0.462. The molecule has 1 aliphatic rings. The zero-order valence-corrected chi connectivity index (χ0v) is 12.3. The Morgan fingerprint density at radius 2 is 1.67 bits per heavy atom. The number of likely N-dealkylation sites (tertiary alicyclic amines) is 1. The molecule has 4 unspecified atom stereocenters. The van der Waals surface area contributed by atoms with Crippen LogP contribution in [0.3, 0.4) is 0 Å². The molecule has 1 heterocycles. The van der Waals surface area contributed by atoms with Crippen molar-refractivity contribution in [2.75, 3.05) is 27.7 Å². The van der Waals surface area contributed by atoms with E-state index < -0.39 is 0 Å². The fraction of sp³-hybridized carbons (Fsp3) is 1.00. The van der Waals surface area contributed by atoms with Gasteiger partial charge in [-0.15, -0.1) is 0 Å². The Hall–Kier alpha value is 0.500. The molecule has 4 atom stereocenters. The predicted molar refractivity (Wildman–Crippen MR) is 56.2 cm³/mol. The molecule has 0 saturated carbocycles. The standard InChI is InChI=1S/C11H24N2.2ClH/c1-9-8-13(6)10(2)7-11(9,3)12(4)5;;/h9-10H,7-8H2,1-6H3;2*1H. The van der Waals surface area contributed by atoms with Crippen molar-refractivity contribution in [3.8, 4) is 0 Å². The Bertz CT molecular complexity index is 187. The van der Waals surface area contributed by atoms with Crippen LogP contribution in [0.15, 0.2) is 0 Å². The summed E-state index contributed by atoms with van der Waals surface area (Å²) in [5.41, 5.74) is 0.485. The molecule has 0 radical (unpaired) electrons. The van der Waals surface area contributed by atoms with E-state index in [2.05, 4.69) is 41.9 Å². The lowest BCUT2D eigenvalue weighted by molar-refractivity contribution is -0.966. The predicted octanol–water partition coefficient (Wildman–Crippen LogP) is -7.16. The topological polar surface area (TPSA) is 8.88 Å². The number of piperidine rings is 1. The molecule has 0 aromatic heterocycles. The molecule has 1 saturated heterocycles. The van der Waals surface area contributed by atoms with Gasteiger partial charge in [-0.3, -0.25) is 0 Å². The van der Waals surface area contributed by atoms with Crippen molar-refractivity contribution in [2.45, 2.75) is 38.8 Å². The number of quaternary nitrogens is 2. The molecule has 0 aromatic rings. The van der Waals surface area contributed by atoms with Crippen LogP contribution < -0.4 is 34.6 Å². The lowest BCUT2D eigenvalue weighted by atomic mass is 9.77. The first-order valence-corrected chi connectivity index (χ1v) is 5.51. The van der Waals surface area contributed by atoms with Gasteiger partial charge in [-0.05, 0) is 13.8 Å². The van der Waals surface area contributed by atoms with Crippen LogP contribution in [-0.2, 0) is 0 Å². The third-order valence-electron chi connectivity index (χ3n) is 4.43. The molecular weight excluding hydrogens is 231 g/mol. The average molecular weight is 257 g/mol. The van der Waals surface area contributed by atoms with Crippen LogP contribution in [0.4, 0.5) is 0 Å². The molecule has 1 rings (SSSR count). The highest BCUT2D eigenvalue weighted by Crippen LogP contribution is 2.20. The van der Waals surface area contributed by atoms with Gasteiger partial charge in [-0.2, -0.15) is 0 Å². The van der Waals surface area contributed by atoms with Gasteiger partial charge in [0.05, 0.1) is 46.1 Å². The van der Waals surface area contributed by atoms with Crippen LogP contribution in [0.1, 0.15) is 27.2 Å². The molecule has 4 heteroatoms. The van der Waals surface area contributed by atoms with Crippen LogP contribution >= 0.6 is 0 Å². The summed E-state index contributed by atoms with van der Waals surface area (Å²) in [4.78, 5) is 3.31. The highest BCUT2D eigenvalue weighted by Gasteiger charge is 2.46. The molecule has 94 valence electrons. The van der Waals surface area contributed by atoms with Gasteiger partial charge in [0.25, 0.3) is 0 Å².